The Labute approximate surface area is 113 Å². The Morgan fingerprint density at radius 1 is 1.37 bits per heavy atom. The summed E-state index contributed by atoms with van der Waals surface area (Å²) in [6, 6.07) is -0.454. The van der Waals surface area contributed by atoms with Gasteiger partial charge in [0.2, 0.25) is 0 Å². The maximum atomic E-state index is 12.1. The van der Waals surface area contributed by atoms with Crippen molar-refractivity contribution in [2.75, 3.05) is 13.1 Å². The molecule has 4 amide bonds. The Bertz CT molecular complexity index is 534. The summed E-state index contributed by atoms with van der Waals surface area (Å²) >= 11 is 1.37. The molecule has 2 fully saturated rings. The topological polar surface area (TPSA) is 91.4 Å². The molecule has 1 aromatic rings. The van der Waals surface area contributed by atoms with Crippen LogP contribution in [0.4, 0.5) is 4.79 Å². The molecule has 2 N–H and O–H groups in total. The van der Waals surface area contributed by atoms with E-state index in [4.69, 9.17) is 0 Å². The number of hydrogen-bond acceptors (Lipinski definition) is 5. The van der Waals surface area contributed by atoms with E-state index in [-0.39, 0.29) is 11.8 Å². The van der Waals surface area contributed by atoms with Crippen molar-refractivity contribution in [1.82, 2.24) is 20.5 Å². The molecule has 3 heterocycles. The lowest BCUT2D eigenvalue weighted by molar-refractivity contribution is -0.125. The van der Waals surface area contributed by atoms with Crippen LogP contribution in [0, 0.1) is 0 Å². The number of amides is 4. The molecule has 7 nitrogen and oxygen atoms in total. The summed E-state index contributed by atoms with van der Waals surface area (Å²) in [7, 11) is 0. The summed E-state index contributed by atoms with van der Waals surface area (Å²) in [5.41, 5.74) is 1.21. The number of carbonyl (C=O) groups excluding carboxylic acids is 3. The highest BCUT2D eigenvalue weighted by Gasteiger charge is 2.48. The zero-order chi connectivity index (χ0) is 13.5. The van der Waals surface area contributed by atoms with Crippen molar-refractivity contribution in [3.63, 3.8) is 0 Å². The van der Waals surface area contributed by atoms with E-state index in [0.29, 0.717) is 31.6 Å². The lowest BCUT2D eigenvalue weighted by Crippen LogP contribution is -2.55. The number of piperidine rings is 1. The first kappa shape index (κ1) is 12.1. The normalized spacial score (nSPS) is 21.4. The predicted molar refractivity (Wildman–Crippen MR) is 66.7 cm³/mol. The molecule has 0 radical (unpaired) electrons. The van der Waals surface area contributed by atoms with Gasteiger partial charge in [0, 0.05) is 18.5 Å². The SMILES string of the molecule is O=C1NC(=O)C2(CCN(C(=O)c3cscn3)CC2)N1. The third kappa shape index (κ3) is 1.97. The van der Waals surface area contributed by atoms with Crippen LogP contribution in [-0.4, -0.2) is 46.4 Å². The molecule has 0 aromatic carbocycles. The maximum absolute atomic E-state index is 12.1. The number of carbonyl (C=O) groups is 3. The second-order valence-corrected chi connectivity index (χ2v) is 5.37. The number of urea groups is 1. The van der Waals surface area contributed by atoms with Crippen molar-refractivity contribution < 1.29 is 14.4 Å². The molecule has 0 bridgehead atoms. The van der Waals surface area contributed by atoms with Crippen LogP contribution in [0.5, 0.6) is 0 Å². The number of imide groups is 1. The second-order valence-electron chi connectivity index (χ2n) is 4.66. The average molecular weight is 280 g/mol. The minimum Gasteiger partial charge on any atom is -0.337 e. The van der Waals surface area contributed by atoms with Gasteiger partial charge in [-0.2, -0.15) is 0 Å². The molecule has 0 unspecified atom stereocenters. The molecule has 2 aliphatic heterocycles. The van der Waals surface area contributed by atoms with E-state index in [1.165, 1.54) is 11.3 Å². The highest BCUT2D eigenvalue weighted by atomic mass is 32.1. The van der Waals surface area contributed by atoms with E-state index in [0.717, 1.165) is 0 Å². The lowest BCUT2D eigenvalue weighted by Gasteiger charge is -2.36. The van der Waals surface area contributed by atoms with Crippen molar-refractivity contribution in [3.05, 3.63) is 16.6 Å². The molecule has 0 saturated carbocycles. The van der Waals surface area contributed by atoms with E-state index < -0.39 is 11.6 Å². The minimum atomic E-state index is -0.837. The summed E-state index contributed by atoms with van der Waals surface area (Å²) in [5, 5.41) is 6.61. The van der Waals surface area contributed by atoms with Gasteiger partial charge in [-0.25, -0.2) is 9.78 Å². The van der Waals surface area contributed by atoms with Gasteiger partial charge in [0.15, 0.2) is 0 Å². The second kappa shape index (κ2) is 4.30. The molecule has 1 spiro atoms. The Morgan fingerprint density at radius 3 is 2.63 bits per heavy atom. The van der Waals surface area contributed by atoms with Gasteiger partial charge >= 0.3 is 6.03 Å². The number of aromatic nitrogens is 1. The van der Waals surface area contributed by atoms with Gasteiger partial charge in [0.25, 0.3) is 11.8 Å². The standard InChI is InChI=1S/C11H12N4O3S/c16-8(7-5-19-6-12-7)15-3-1-11(2-4-15)9(17)13-10(18)14-11/h5-6H,1-4H2,(H2,13,14,17,18). The van der Waals surface area contributed by atoms with Crippen molar-refractivity contribution in [2.45, 2.75) is 18.4 Å². The third-order valence-corrected chi connectivity index (χ3v) is 4.16. The highest BCUT2D eigenvalue weighted by molar-refractivity contribution is 7.07. The highest BCUT2D eigenvalue weighted by Crippen LogP contribution is 2.26. The van der Waals surface area contributed by atoms with Gasteiger partial charge in [0.1, 0.15) is 11.2 Å². The van der Waals surface area contributed by atoms with Gasteiger partial charge in [0.05, 0.1) is 5.51 Å². The number of hydrogen-bond donors (Lipinski definition) is 2. The van der Waals surface area contributed by atoms with Crippen LogP contribution in [-0.2, 0) is 4.79 Å². The van der Waals surface area contributed by atoms with Crippen molar-refractivity contribution in [3.8, 4) is 0 Å². The van der Waals surface area contributed by atoms with Crippen LogP contribution in [0.1, 0.15) is 23.3 Å². The minimum absolute atomic E-state index is 0.124. The number of nitrogens with one attached hydrogen (secondary N) is 2. The Balaban J connectivity index is 1.68. The molecule has 1 aromatic heterocycles. The molecule has 3 rings (SSSR count). The fourth-order valence-corrected chi connectivity index (χ4v) is 2.98. The Kier molecular flexibility index (Phi) is 2.74. The summed E-state index contributed by atoms with van der Waals surface area (Å²) in [6.45, 7) is 0.869. The first-order chi connectivity index (χ1) is 9.11. The Morgan fingerprint density at radius 2 is 2.11 bits per heavy atom. The molecule has 0 atom stereocenters. The fraction of sp³-hybridized carbons (Fsp3) is 0.455. The predicted octanol–water partition coefficient (Wildman–Crippen LogP) is -0.0427. The lowest BCUT2D eigenvalue weighted by atomic mass is 9.87. The molecule has 0 aliphatic carbocycles. The monoisotopic (exact) mass is 280 g/mol. The van der Waals surface area contributed by atoms with Crippen molar-refractivity contribution in [1.29, 1.82) is 0 Å². The van der Waals surface area contributed by atoms with E-state index in [1.54, 1.807) is 15.8 Å². The van der Waals surface area contributed by atoms with E-state index in [9.17, 15) is 14.4 Å². The first-order valence-electron chi connectivity index (χ1n) is 5.92. The molecular weight excluding hydrogens is 268 g/mol. The quantitative estimate of drug-likeness (QED) is 0.706. The van der Waals surface area contributed by atoms with E-state index in [1.807, 2.05) is 0 Å². The van der Waals surface area contributed by atoms with Crippen LogP contribution < -0.4 is 10.6 Å². The molecule has 8 heteroatoms. The van der Waals surface area contributed by atoms with E-state index in [2.05, 4.69) is 15.6 Å². The van der Waals surface area contributed by atoms with Gasteiger partial charge in [-0.05, 0) is 12.8 Å². The fourth-order valence-electron chi connectivity index (χ4n) is 2.45. The van der Waals surface area contributed by atoms with Gasteiger partial charge in [-0.3, -0.25) is 14.9 Å². The average Bonchev–Trinajstić information content (AvgIpc) is 2.99. The summed E-state index contributed by atoms with van der Waals surface area (Å²) < 4.78 is 0. The molecule has 100 valence electrons. The number of thiazole rings is 1. The Hall–Kier alpha value is -1.96. The third-order valence-electron chi connectivity index (χ3n) is 3.57. The van der Waals surface area contributed by atoms with E-state index >= 15 is 0 Å². The van der Waals surface area contributed by atoms with Gasteiger partial charge in [-0.15, -0.1) is 11.3 Å². The van der Waals surface area contributed by atoms with Crippen LogP contribution in [0.25, 0.3) is 0 Å². The van der Waals surface area contributed by atoms with Gasteiger partial charge in [-0.1, -0.05) is 0 Å². The summed E-state index contributed by atoms with van der Waals surface area (Å²) in [5.74, 6) is -0.418. The molecule has 2 saturated heterocycles. The maximum Gasteiger partial charge on any atom is 0.322 e. The summed E-state index contributed by atoms with van der Waals surface area (Å²) in [4.78, 5) is 40.7. The van der Waals surface area contributed by atoms with Crippen LogP contribution in [0.15, 0.2) is 10.9 Å². The number of likely N-dealkylation sites (tertiary alicyclic amines) is 1. The molecule has 19 heavy (non-hydrogen) atoms. The van der Waals surface area contributed by atoms with Crippen molar-refractivity contribution in [2.24, 2.45) is 0 Å². The smallest absolute Gasteiger partial charge is 0.322 e. The van der Waals surface area contributed by atoms with Crippen LogP contribution in [0.2, 0.25) is 0 Å². The zero-order valence-corrected chi connectivity index (χ0v) is 10.8. The van der Waals surface area contributed by atoms with Gasteiger partial charge < -0.3 is 10.2 Å². The number of rotatable bonds is 1. The van der Waals surface area contributed by atoms with Crippen LogP contribution >= 0.6 is 11.3 Å². The number of nitrogens with zero attached hydrogens (tertiary/aromatic N) is 2. The van der Waals surface area contributed by atoms with Crippen molar-refractivity contribution >= 4 is 29.2 Å². The largest absolute Gasteiger partial charge is 0.337 e. The zero-order valence-electron chi connectivity index (χ0n) is 10.0. The molecule has 2 aliphatic rings. The first-order valence-corrected chi connectivity index (χ1v) is 6.86. The van der Waals surface area contributed by atoms with Crippen LogP contribution in [0.3, 0.4) is 0 Å². The summed E-state index contributed by atoms with van der Waals surface area (Å²) in [6.07, 6.45) is 0.862. The molecular formula is C11H12N4O3S.